The second-order valence-electron chi connectivity index (χ2n) is 3.49. The Morgan fingerprint density at radius 2 is 2.07 bits per heavy atom. The van der Waals surface area contributed by atoms with Crippen LogP contribution in [0, 0.1) is 0 Å². The van der Waals surface area contributed by atoms with Gasteiger partial charge in [0.05, 0.1) is 19.3 Å². The molecule has 0 fully saturated rings. The smallest absolute Gasteiger partial charge is 0.0900 e. The number of aliphatic hydroxyl groups is 2. The zero-order valence-corrected chi connectivity index (χ0v) is 9.28. The second-order valence-corrected chi connectivity index (χ2v) is 3.49. The summed E-state index contributed by atoms with van der Waals surface area (Å²) < 4.78 is 4.85. The molecule has 0 aliphatic carbocycles. The number of hydrogen-bond donors (Lipinski definition) is 2. The molecule has 0 saturated carbocycles. The zero-order chi connectivity index (χ0) is 10.8. The van der Waals surface area contributed by atoms with Gasteiger partial charge < -0.3 is 14.9 Å². The number of rotatable bonds is 9. The van der Waals surface area contributed by atoms with Crippen LogP contribution in [0.5, 0.6) is 0 Å². The van der Waals surface area contributed by atoms with E-state index in [1.54, 1.807) is 7.11 Å². The molecular weight excluding hydrogens is 182 g/mol. The Morgan fingerprint density at radius 3 is 2.57 bits per heavy atom. The van der Waals surface area contributed by atoms with E-state index in [-0.39, 0.29) is 6.61 Å². The highest BCUT2D eigenvalue weighted by Crippen LogP contribution is 1.97. The number of nitrogens with zero attached hydrogens (tertiary/aromatic N) is 1. The van der Waals surface area contributed by atoms with Crippen molar-refractivity contribution in [2.24, 2.45) is 0 Å². The summed E-state index contributed by atoms with van der Waals surface area (Å²) >= 11 is 0. The van der Waals surface area contributed by atoms with Crippen LogP contribution in [0.1, 0.15) is 19.8 Å². The van der Waals surface area contributed by atoms with Gasteiger partial charge in [0.2, 0.25) is 0 Å². The third-order valence-electron chi connectivity index (χ3n) is 2.07. The van der Waals surface area contributed by atoms with Crippen LogP contribution in [0.4, 0.5) is 0 Å². The Bertz CT molecular complexity index is 122. The molecule has 14 heavy (non-hydrogen) atoms. The quantitative estimate of drug-likeness (QED) is 0.560. The van der Waals surface area contributed by atoms with Gasteiger partial charge in [0, 0.05) is 20.2 Å². The van der Waals surface area contributed by atoms with Crippen molar-refractivity contribution < 1.29 is 14.9 Å². The van der Waals surface area contributed by atoms with Crippen LogP contribution in [0.15, 0.2) is 0 Å². The van der Waals surface area contributed by atoms with Gasteiger partial charge in [0.1, 0.15) is 0 Å². The maximum Gasteiger partial charge on any atom is 0.0900 e. The normalized spacial score (nSPS) is 13.5. The Kier molecular flexibility index (Phi) is 9.29. The summed E-state index contributed by atoms with van der Waals surface area (Å²) in [7, 11) is 1.58. The number of aliphatic hydroxyl groups excluding tert-OH is 2. The van der Waals surface area contributed by atoms with E-state index >= 15 is 0 Å². The summed E-state index contributed by atoms with van der Waals surface area (Å²) in [6.07, 6.45) is 1.77. The second kappa shape index (κ2) is 9.40. The lowest BCUT2D eigenvalue weighted by Crippen LogP contribution is -2.37. The van der Waals surface area contributed by atoms with E-state index in [1.165, 1.54) is 0 Å². The molecule has 0 aromatic rings. The first kappa shape index (κ1) is 13.8. The van der Waals surface area contributed by atoms with Crippen molar-refractivity contribution in [1.29, 1.82) is 0 Å². The third kappa shape index (κ3) is 7.26. The Labute approximate surface area is 86.5 Å². The summed E-state index contributed by atoms with van der Waals surface area (Å²) in [5.74, 6) is 0. The molecule has 0 aromatic heterocycles. The SMILES string of the molecule is CCCCN(CCO)CC(O)COC. The molecule has 0 rings (SSSR count). The van der Waals surface area contributed by atoms with Crippen molar-refractivity contribution in [2.45, 2.75) is 25.9 Å². The number of methoxy groups -OCH3 is 1. The van der Waals surface area contributed by atoms with E-state index in [2.05, 4.69) is 11.8 Å². The van der Waals surface area contributed by atoms with Crippen molar-refractivity contribution in [2.75, 3.05) is 40.0 Å². The van der Waals surface area contributed by atoms with Gasteiger partial charge in [-0.3, -0.25) is 4.90 Å². The minimum absolute atomic E-state index is 0.142. The molecule has 0 bridgehead atoms. The van der Waals surface area contributed by atoms with E-state index in [4.69, 9.17) is 9.84 Å². The van der Waals surface area contributed by atoms with Gasteiger partial charge >= 0.3 is 0 Å². The summed E-state index contributed by atoms with van der Waals surface area (Å²) in [5.41, 5.74) is 0. The van der Waals surface area contributed by atoms with Crippen molar-refractivity contribution in [3.8, 4) is 0 Å². The molecule has 0 radical (unpaired) electrons. The van der Waals surface area contributed by atoms with Gasteiger partial charge in [-0.05, 0) is 13.0 Å². The largest absolute Gasteiger partial charge is 0.395 e. The molecule has 0 saturated heterocycles. The zero-order valence-electron chi connectivity index (χ0n) is 9.28. The number of unbranched alkanes of at least 4 members (excludes halogenated alkanes) is 1. The molecule has 2 N–H and O–H groups in total. The van der Waals surface area contributed by atoms with Crippen LogP contribution < -0.4 is 0 Å². The molecule has 0 aromatic carbocycles. The van der Waals surface area contributed by atoms with Crippen molar-refractivity contribution in [3.63, 3.8) is 0 Å². The van der Waals surface area contributed by atoms with Gasteiger partial charge in [0.25, 0.3) is 0 Å². The number of ether oxygens (including phenoxy) is 1. The van der Waals surface area contributed by atoms with Crippen LogP contribution in [0.3, 0.4) is 0 Å². The predicted molar refractivity (Wildman–Crippen MR) is 56.3 cm³/mol. The fourth-order valence-corrected chi connectivity index (χ4v) is 1.36. The average molecular weight is 205 g/mol. The molecular formula is C10H23NO3. The molecule has 0 aliphatic heterocycles. The molecule has 0 spiro atoms. The van der Waals surface area contributed by atoms with Crippen LogP contribution in [-0.2, 0) is 4.74 Å². The van der Waals surface area contributed by atoms with Gasteiger partial charge in [0.15, 0.2) is 0 Å². The van der Waals surface area contributed by atoms with Crippen LogP contribution >= 0.6 is 0 Å². The maximum absolute atomic E-state index is 9.50. The van der Waals surface area contributed by atoms with E-state index < -0.39 is 6.10 Å². The fraction of sp³-hybridized carbons (Fsp3) is 1.00. The summed E-state index contributed by atoms with van der Waals surface area (Å²) in [5, 5.41) is 18.3. The van der Waals surface area contributed by atoms with Gasteiger partial charge in [-0.15, -0.1) is 0 Å². The summed E-state index contributed by atoms with van der Waals surface area (Å²) in [6, 6.07) is 0. The lowest BCUT2D eigenvalue weighted by Gasteiger charge is -2.23. The maximum atomic E-state index is 9.50. The summed E-state index contributed by atoms with van der Waals surface area (Å²) in [6.45, 7) is 4.76. The molecule has 4 heteroatoms. The van der Waals surface area contributed by atoms with Gasteiger partial charge in [-0.2, -0.15) is 0 Å². The monoisotopic (exact) mass is 205 g/mol. The highest BCUT2D eigenvalue weighted by atomic mass is 16.5. The molecule has 1 unspecified atom stereocenters. The van der Waals surface area contributed by atoms with E-state index in [9.17, 15) is 5.11 Å². The highest BCUT2D eigenvalue weighted by Gasteiger charge is 2.10. The van der Waals surface area contributed by atoms with E-state index in [0.29, 0.717) is 19.7 Å². The average Bonchev–Trinajstić information content (AvgIpc) is 2.15. The van der Waals surface area contributed by atoms with Crippen LogP contribution in [-0.4, -0.2) is 61.2 Å². The first-order valence-electron chi connectivity index (χ1n) is 5.24. The van der Waals surface area contributed by atoms with Crippen molar-refractivity contribution in [3.05, 3.63) is 0 Å². The number of hydrogen-bond acceptors (Lipinski definition) is 4. The Hall–Kier alpha value is -0.160. The lowest BCUT2D eigenvalue weighted by molar-refractivity contribution is 0.0336. The Morgan fingerprint density at radius 1 is 1.36 bits per heavy atom. The molecule has 0 aliphatic rings. The predicted octanol–water partition coefficient (Wildman–Crippen LogP) is 0.0881. The molecule has 1 atom stereocenters. The minimum Gasteiger partial charge on any atom is -0.395 e. The first-order valence-corrected chi connectivity index (χ1v) is 5.24. The van der Waals surface area contributed by atoms with E-state index in [1.807, 2.05) is 0 Å². The fourth-order valence-electron chi connectivity index (χ4n) is 1.36. The molecule has 0 heterocycles. The first-order chi connectivity index (χ1) is 6.74. The summed E-state index contributed by atoms with van der Waals surface area (Å²) in [4.78, 5) is 2.06. The Balaban J connectivity index is 3.69. The lowest BCUT2D eigenvalue weighted by atomic mass is 10.2. The van der Waals surface area contributed by atoms with Crippen LogP contribution in [0.25, 0.3) is 0 Å². The van der Waals surface area contributed by atoms with Gasteiger partial charge in [-0.25, -0.2) is 0 Å². The molecule has 4 nitrogen and oxygen atoms in total. The topological polar surface area (TPSA) is 52.9 Å². The third-order valence-corrected chi connectivity index (χ3v) is 2.07. The highest BCUT2D eigenvalue weighted by molar-refractivity contribution is 4.63. The van der Waals surface area contributed by atoms with E-state index in [0.717, 1.165) is 19.4 Å². The molecule has 86 valence electrons. The minimum atomic E-state index is -0.455. The molecule has 0 amide bonds. The standard InChI is InChI=1S/C10H23NO3/c1-3-4-5-11(6-7-12)8-10(13)9-14-2/h10,12-13H,3-9H2,1-2H3. The van der Waals surface area contributed by atoms with Crippen LogP contribution in [0.2, 0.25) is 0 Å². The van der Waals surface area contributed by atoms with Crippen molar-refractivity contribution in [1.82, 2.24) is 4.90 Å². The van der Waals surface area contributed by atoms with Crippen molar-refractivity contribution >= 4 is 0 Å². The van der Waals surface area contributed by atoms with Gasteiger partial charge in [-0.1, -0.05) is 13.3 Å².